The number of anilines is 2. The van der Waals surface area contributed by atoms with E-state index in [4.69, 9.17) is 4.74 Å². The van der Waals surface area contributed by atoms with Crippen LogP contribution in [0.25, 0.3) is 0 Å². The van der Waals surface area contributed by atoms with Crippen molar-refractivity contribution in [2.45, 2.75) is 44.8 Å². The number of H-pyrrole nitrogens is 1. The first-order chi connectivity index (χ1) is 18.7. The quantitative estimate of drug-likeness (QED) is 0.378. The van der Waals surface area contributed by atoms with Crippen LogP contribution in [0.1, 0.15) is 36.8 Å². The Morgan fingerprint density at radius 3 is 2.51 bits per heavy atom. The number of alkyl halides is 3. The highest BCUT2D eigenvalue weighted by atomic mass is 19.4. The summed E-state index contributed by atoms with van der Waals surface area (Å²) in [5, 5.41) is 13.1. The summed E-state index contributed by atoms with van der Waals surface area (Å²) in [6, 6.07) is -0.0298. The molecule has 2 aromatic rings. The zero-order valence-corrected chi connectivity index (χ0v) is 22.0. The number of piperazine rings is 1. The maximum Gasteiger partial charge on any atom is 0.419 e. The zero-order chi connectivity index (χ0) is 27.8. The van der Waals surface area contributed by atoms with Crippen molar-refractivity contribution in [3.63, 3.8) is 0 Å². The van der Waals surface area contributed by atoms with E-state index in [1.165, 1.54) is 0 Å². The molecule has 0 saturated carbocycles. The minimum Gasteiger partial charge on any atom is -0.379 e. The number of carbonyl (C=O) groups excluding carboxylic acids is 1. The summed E-state index contributed by atoms with van der Waals surface area (Å²) in [6.45, 7) is 6.09. The van der Waals surface area contributed by atoms with Gasteiger partial charge < -0.3 is 25.2 Å². The molecule has 2 aliphatic rings. The Morgan fingerprint density at radius 1 is 1.15 bits per heavy atom. The highest BCUT2D eigenvalue weighted by Gasteiger charge is 2.32. The topological polar surface area (TPSA) is 128 Å². The van der Waals surface area contributed by atoms with Gasteiger partial charge in [0.25, 0.3) is 5.56 Å². The number of amides is 1. The van der Waals surface area contributed by atoms with Crippen LogP contribution in [0.4, 0.5) is 24.8 Å². The van der Waals surface area contributed by atoms with E-state index >= 15 is 0 Å². The maximum atomic E-state index is 12.7. The predicted octanol–water partition coefficient (Wildman–Crippen LogP) is 1.81. The number of ether oxygens (including phenoxy) is 1. The Hall–Kier alpha value is -3.26. The van der Waals surface area contributed by atoms with Gasteiger partial charge in [-0.05, 0) is 45.2 Å². The molecule has 0 bridgehead atoms. The Bertz CT molecular complexity index is 1130. The molecule has 4 rings (SSSR count). The molecule has 1 atom stereocenters. The van der Waals surface area contributed by atoms with Crippen molar-refractivity contribution in [3.8, 4) is 0 Å². The van der Waals surface area contributed by atoms with E-state index < -0.39 is 11.7 Å². The fourth-order valence-electron chi connectivity index (χ4n) is 4.84. The summed E-state index contributed by atoms with van der Waals surface area (Å²) in [7, 11) is 0. The van der Waals surface area contributed by atoms with E-state index in [9.17, 15) is 22.8 Å². The third kappa shape index (κ3) is 8.12. The molecule has 39 heavy (non-hydrogen) atoms. The smallest absolute Gasteiger partial charge is 0.379 e. The molecule has 2 fully saturated rings. The van der Waals surface area contributed by atoms with Gasteiger partial charge in [0, 0.05) is 50.2 Å². The fourth-order valence-corrected chi connectivity index (χ4v) is 4.84. The van der Waals surface area contributed by atoms with Gasteiger partial charge in [0.1, 0.15) is 0 Å². The van der Waals surface area contributed by atoms with Gasteiger partial charge in [-0.15, -0.1) is 0 Å². The Labute approximate surface area is 224 Å². The summed E-state index contributed by atoms with van der Waals surface area (Å²) in [4.78, 5) is 35.9. The number of piperidine rings is 1. The predicted molar refractivity (Wildman–Crippen MR) is 138 cm³/mol. The summed E-state index contributed by atoms with van der Waals surface area (Å²) in [5.41, 5.74) is 0.109. The number of rotatable bonds is 10. The lowest BCUT2D eigenvalue weighted by Gasteiger charge is -2.34. The highest BCUT2D eigenvalue weighted by molar-refractivity contribution is 5.76. The number of halogens is 3. The SMILES string of the molecule is Cc1c(N[C@H](COCCC(=O)N2CCN(c3ncc(C(F)(F)F)cn3)CC2)CC2CCNCC2)cn[nH]c1=O. The Balaban J connectivity index is 1.22. The molecule has 1 amide bonds. The Morgan fingerprint density at radius 2 is 1.85 bits per heavy atom. The van der Waals surface area contributed by atoms with Gasteiger partial charge in [-0.1, -0.05) is 0 Å². The van der Waals surface area contributed by atoms with Crippen molar-refractivity contribution < 1.29 is 22.7 Å². The van der Waals surface area contributed by atoms with Crippen molar-refractivity contribution in [2.75, 3.05) is 62.7 Å². The van der Waals surface area contributed by atoms with Gasteiger partial charge in [-0.2, -0.15) is 18.3 Å². The third-order valence-electron chi connectivity index (χ3n) is 7.20. The number of aromatic amines is 1. The largest absolute Gasteiger partial charge is 0.419 e. The molecule has 2 aliphatic heterocycles. The molecule has 14 heteroatoms. The van der Waals surface area contributed by atoms with Gasteiger partial charge in [0.05, 0.1) is 37.1 Å². The summed E-state index contributed by atoms with van der Waals surface area (Å²) in [6.07, 6.45) is 1.94. The van der Waals surface area contributed by atoms with Crippen molar-refractivity contribution >= 4 is 17.5 Å². The van der Waals surface area contributed by atoms with Crippen LogP contribution >= 0.6 is 0 Å². The molecule has 3 N–H and O–H groups in total. The van der Waals surface area contributed by atoms with E-state index in [1.807, 2.05) is 0 Å². The molecular formula is C25H35F3N8O3. The minimum absolute atomic E-state index is 0.0298. The molecular weight excluding hydrogens is 517 g/mol. The lowest BCUT2D eigenvalue weighted by atomic mass is 9.91. The van der Waals surface area contributed by atoms with E-state index in [0.29, 0.717) is 50.0 Å². The number of nitrogens with zero attached hydrogens (tertiary/aromatic N) is 5. The number of hydrogen-bond donors (Lipinski definition) is 3. The second-order valence-corrected chi connectivity index (χ2v) is 9.97. The molecule has 0 aliphatic carbocycles. The Kier molecular flexibility index (Phi) is 9.73. The lowest BCUT2D eigenvalue weighted by molar-refractivity contribution is -0.138. The van der Waals surface area contributed by atoms with E-state index in [1.54, 1.807) is 22.9 Å². The van der Waals surface area contributed by atoms with Gasteiger partial charge >= 0.3 is 6.18 Å². The lowest BCUT2D eigenvalue weighted by Crippen LogP contribution is -2.49. The van der Waals surface area contributed by atoms with Crippen molar-refractivity contribution in [2.24, 2.45) is 5.92 Å². The van der Waals surface area contributed by atoms with Crippen LogP contribution in [0.3, 0.4) is 0 Å². The van der Waals surface area contributed by atoms with Gasteiger partial charge in [0.2, 0.25) is 11.9 Å². The zero-order valence-electron chi connectivity index (χ0n) is 22.0. The second-order valence-electron chi connectivity index (χ2n) is 9.97. The molecule has 4 heterocycles. The van der Waals surface area contributed by atoms with Crippen molar-refractivity contribution in [3.05, 3.63) is 40.1 Å². The molecule has 2 saturated heterocycles. The first-order valence-corrected chi connectivity index (χ1v) is 13.2. The van der Waals surface area contributed by atoms with Crippen LogP contribution in [-0.2, 0) is 15.7 Å². The van der Waals surface area contributed by atoms with Crippen LogP contribution in [0.5, 0.6) is 0 Å². The van der Waals surface area contributed by atoms with Crippen LogP contribution in [0.2, 0.25) is 0 Å². The third-order valence-corrected chi connectivity index (χ3v) is 7.20. The van der Waals surface area contributed by atoms with Gasteiger partial charge in [0.15, 0.2) is 0 Å². The highest BCUT2D eigenvalue weighted by Crippen LogP contribution is 2.28. The van der Waals surface area contributed by atoms with Gasteiger partial charge in [-0.3, -0.25) is 9.59 Å². The summed E-state index contributed by atoms with van der Waals surface area (Å²) < 4.78 is 44.1. The number of carbonyl (C=O) groups is 1. The minimum atomic E-state index is -4.48. The normalized spacial score (nSPS) is 17.7. The molecule has 214 valence electrons. The molecule has 0 radical (unpaired) electrons. The summed E-state index contributed by atoms with van der Waals surface area (Å²) in [5.74, 6) is 0.714. The van der Waals surface area contributed by atoms with Crippen LogP contribution in [0, 0.1) is 12.8 Å². The molecule has 0 aromatic carbocycles. The van der Waals surface area contributed by atoms with E-state index in [0.717, 1.165) is 44.7 Å². The van der Waals surface area contributed by atoms with Crippen LogP contribution in [0.15, 0.2) is 23.4 Å². The standard InChI is InChI=1S/C25H35F3N8O3/c1-17-21(15-32-34-23(17)38)33-20(12-18-2-5-29-6-3-18)16-39-11-4-22(37)35-7-9-36(10-8-35)24-30-13-19(14-31-24)25(26,27)28/h13-15,18,20,29H,2-12,16H2,1H3,(H2,33,34,38)/t20-/m0/s1. The van der Waals surface area contributed by atoms with Gasteiger partial charge in [-0.25, -0.2) is 15.1 Å². The monoisotopic (exact) mass is 552 g/mol. The molecule has 11 nitrogen and oxygen atoms in total. The number of hydrogen-bond acceptors (Lipinski definition) is 9. The van der Waals surface area contributed by atoms with Crippen LogP contribution in [-0.4, -0.2) is 89.5 Å². The first-order valence-electron chi connectivity index (χ1n) is 13.2. The fraction of sp³-hybridized carbons (Fsp3) is 0.640. The second kappa shape index (κ2) is 13.2. The number of aromatic nitrogens is 4. The van der Waals surface area contributed by atoms with Crippen molar-refractivity contribution in [1.82, 2.24) is 30.4 Å². The molecule has 0 unspecified atom stereocenters. The average molecular weight is 553 g/mol. The van der Waals surface area contributed by atoms with E-state index in [2.05, 4.69) is 30.8 Å². The first kappa shape index (κ1) is 28.7. The maximum absolute atomic E-state index is 12.7. The van der Waals surface area contributed by atoms with Crippen molar-refractivity contribution in [1.29, 1.82) is 0 Å². The summed E-state index contributed by atoms with van der Waals surface area (Å²) >= 11 is 0. The van der Waals surface area contributed by atoms with E-state index in [-0.39, 0.29) is 36.5 Å². The number of nitrogens with one attached hydrogen (secondary N) is 3. The molecule has 2 aromatic heterocycles. The average Bonchev–Trinajstić information content (AvgIpc) is 2.93. The van der Waals surface area contributed by atoms with Crippen LogP contribution < -0.4 is 21.1 Å². The molecule has 0 spiro atoms.